The van der Waals surface area contributed by atoms with E-state index in [0.717, 1.165) is 16.9 Å². The van der Waals surface area contributed by atoms with Gasteiger partial charge in [-0.3, -0.25) is 4.79 Å². The van der Waals surface area contributed by atoms with Crippen LogP contribution in [0.3, 0.4) is 0 Å². The van der Waals surface area contributed by atoms with Gasteiger partial charge in [-0.15, -0.1) is 0 Å². The Morgan fingerprint density at radius 1 is 1.37 bits per heavy atom. The minimum atomic E-state index is -2.09. The van der Waals surface area contributed by atoms with Crippen molar-refractivity contribution >= 4 is 15.6 Å². The molecule has 0 radical (unpaired) electrons. The summed E-state index contributed by atoms with van der Waals surface area (Å²) in [6, 6.07) is 6.05. The summed E-state index contributed by atoms with van der Waals surface area (Å²) in [5, 5.41) is 0. The normalized spacial score (nSPS) is 32.8. The Morgan fingerprint density at radius 2 is 2.15 bits per heavy atom. The molecule has 3 heterocycles. The first-order valence-electron chi connectivity index (χ1n) is 9.80. The smallest absolute Gasteiger partial charge is 0.264 e. The van der Waals surface area contributed by atoms with Gasteiger partial charge in [0.2, 0.25) is 0 Å². The van der Waals surface area contributed by atoms with E-state index in [9.17, 15) is 9.00 Å². The predicted molar refractivity (Wildman–Crippen MR) is 105 cm³/mol. The number of aryl methyl sites for hydroxylation is 1. The maximum absolute atomic E-state index is 13.1. The molecule has 1 aromatic carbocycles. The summed E-state index contributed by atoms with van der Waals surface area (Å²) in [6.07, 6.45) is 1.58. The second-order valence-corrected chi connectivity index (χ2v) is 10.4. The van der Waals surface area contributed by atoms with Crippen LogP contribution in [0.15, 0.2) is 22.6 Å². The van der Waals surface area contributed by atoms with Gasteiger partial charge in [-0.2, -0.15) is 0 Å². The molecule has 1 amide bonds. The number of morpholine rings is 1. The van der Waals surface area contributed by atoms with Crippen molar-refractivity contribution in [3.05, 3.63) is 29.3 Å². The molecular formula is C20H28N2O4S. The molecular weight excluding hydrogens is 364 g/mol. The molecule has 7 heteroatoms. The fourth-order valence-electron chi connectivity index (χ4n) is 4.39. The molecule has 3 aliphatic heterocycles. The molecule has 2 saturated heterocycles. The Kier molecular flexibility index (Phi) is 4.93. The van der Waals surface area contributed by atoms with Crippen molar-refractivity contribution in [1.82, 2.24) is 4.90 Å². The summed E-state index contributed by atoms with van der Waals surface area (Å²) in [5.74, 6) is 2.02. The van der Waals surface area contributed by atoms with Gasteiger partial charge >= 0.3 is 0 Å². The largest absolute Gasteiger partial charge is 0.480 e. The van der Waals surface area contributed by atoms with Gasteiger partial charge in [0.05, 0.1) is 12.2 Å². The number of hydrogen-bond donors (Lipinski definition) is 0. The van der Waals surface area contributed by atoms with Crippen molar-refractivity contribution in [2.45, 2.75) is 44.8 Å². The average Bonchev–Trinajstić information content (AvgIpc) is 3.10. The van der Waals surface area contributed by atoms with E-state index in [-0.39, 0.29) is 11.5 Å². The van der Waals surface area contributed by atoms with Crippen LogP contribution in [-0.2, 0) is 25.7 Å². The predicted octanol–water partition coefficient (Wildman–Crippen LogP) is 2.18. The lowest BCUT2D eigenvalue weighted by Crippen LogP contribution is -2.58. The summed E-state index contributed by atoms with van der Waals surface area (Å²) >= 11 is 0. The topological polar surface area (TPSA) is 68.2 Å². The number of carbonyl (C=O) groups excluding carboxylic acids is 1. The second-order valence-electron chi connectivity index (χ2n) is 7.79. The molecule has 0 aromatic heterocycles. The Morgan fingerprint density at radius 3 is 2.85 bits per heavy atom. The Labute approximate surface area is 161 Å². The standard InChI is InChI=1S/C20H28N2O4S/c1-3-21-27(24)11-7-20(8-12-27)14-22(9-10-25-20)19(23)17-13-16-6-4-5-15(2)18(16)26-17/h4-6,17H,3,7-14H2,1-2H3. The third-order valence-electron chi connectivity index (χ3n) is 5.91. The quantitative estimate of drug-likeness (QED) is 0.774. The van der Waals surface area contributed by atoms with E-state index in [1.807, 2.05) is 36.9 Å². The number of fused-ring (bicyclic) bond motifs is 1. The summed E-state index contributed by atoms with van der Waals surface area (Å²) in [7, 11) is -2.09. The highest BCUT2D eigenvalue weighted by molar-refractivity contribution is 7.93. The highest BCUT2D eigenvalue weighted by atomic mass is 32.2. The van der Waals surface area contributed by atoms with Gasteiger partial charge in [0.15, 0.2) is 6.10 Å². The number of nitrogens with zero attached hydrogens (tertiary/aromatic N) is 2. The van der Waals surface area contributed by atoms with Crippen molar-refractivity contribution < 1.29 is 18.5 Å². The van der Waals surface area contributed by atoms with Gasteiger partial charge in [-0.25, -0.2) is 8.57 Å². The number of ether oxygens (including phenoxy) is 2. The zero-order valence-corrected chi connectivity index (χ0v) is 16.9. The Hall–Kier alpha value is -1.60. The first kappa shape index (κ1) is 18.7. The lowest BCUT2D eigenvalue weighted by Gasteiger charge is -2.45. The number of para-hydroxylation sites is 1. The van der Waals surface area contributed by atoms with Crippen LogP contribution in [-0.4, -0.2) is 64.5 Å². The summed E-state index contributed by atoms with van der Waals surface area (Å²) in [6.45, 7) is 6.20. The third-order valence-corrected chi connectivity index (χ3v) is 8.32. The van der Waals surface area contributed by atoms with E-state index in [1.165, 1.54) is 0 Å². The first-order valence-corrected chi connectivity index (χ1v) is 11.7. The molecule has 1 aromatic rings. The Bertz CT molecular complexity index is 846. The minimum absolute atomic E-state index is 0.0397. The van der Waals surface area contributed by atoms with Crippen LogP contribution in [0.5, 0.6) is 5.75 Å². The third kappa shape index (κ3) is 3.59. The van der Waals surface area contributed by atoms with Crippen LogP contribution in [0.1, 0.15) is 30.9 Å². The lowest BCUT2D eigenvalue weighted by atomic mass is 9.94. The van der Waals surface area contributed by atoms with E-state index in [1.54, 1.807) is 0 Å². The fraction of sp³-hybridized carbons (Fsp3) is 0.650. The number of hydrogen-bond acceptors (Lipinski definition) is 5. The minimum Gasteiger partial charge on any atom is -0.480 e. The van der Waals surface area contributed by atoms with Gasteiger partial charge in [-0.1, -0.05) is 18.2 Å². The molecule has 1 spiro atoms. The van der Waals surface area contributed by atoms with Crippen molar-refractivity contribution in [1.29, 1.82) is 0 Å². The van der Waals surface area contributed by atoms with Crippen LogP contribution >= 0.6 is 0 Å². The maximum atomic E-state index is 13.1. The van der Waals surface area contributed by atoms with Crippen molar-refractivity contribution in [2.75, 3.05) is 37.7 Å². The number of benzene rings is 1. The van der Waals surface area contributed by atoms with E-state index in [0.29, 0.717) is 57.0 Å². The van der Waals surface area contributed by atoms with E-state index < -0.39 is 15.8 Å². The summed E-state index contributed by atoms with van der Waals surface area (Å²) in [5.41, 5.74) is 1.80. The highest BCUT2D eigenvalue weighted by Crippen LogP contribution is 2.35. The van der Waals surface area contributed by atoms with E-state index >= 15 is 0 Å². The van der Waals surface area contributed by atoms with Crippen LogP contribution in [0.4, 0.5) is 0 Å². The summed E-state index contributed by atoms with van der Waals surface area (Å²) in [4.78, 5) is 15.0. The molecule has 27 heavy (non-hydrogen) atoms. The molecule has 0 aliphatic carbocycles. The molecule has 0 bridgehead atoms. The lowest BCUT2D eigenvalue weighted by molar-refractivity contribution is -0.157. The van der Waals surface area contributed by atoms with Crippen molar-refractivity contribution in [3.63, 3.8) is 0 Å². The molecule has 0 saturated carbocycles. The van der Waals surface area contributed by atoms with Crippen LogP contribution in [0.25, 0.3) is 0 Å². The molecule has 3 aliphatic rings. The fourth-order valence-corrected chi connectivity index (χ4v) is 6.70. The van der Waals surface area contributed by atoms with Crippen LogP contribution < -0.4 is 4.74 Å². The molecule has 1 unspecified atom stereocenters. The van der Waals surface area contributed by atoms with Crippen LogP contribution in [0.2, 0.25) is 0 Å². The first-order chi connectivity index (χ1) is 12.9. The number of amides is 1. The average molecular weight is 393 g/mol. The van der Waals surface area contributed by atoms with Crippen molar-refractivity contribution in [3.8, 4) is 5.75 Å². The zero-order chi connectivity index (χ0) is 19.1. The maximum Gasteiger partial charge on any atom is 0.264 e. The van der Waals surface area contributed by atoms with Gasteiger partial charge in [0, 0.05) is 47.3 Å². The summed E-state index contributed by atoms with van der Waals surface area (Å²) < 4.78 is 29.1. The molecule has 0 N–H and O–H groups in total. The molecule has 148 valence electrons. The van der Waals surface area contributed by atoms with Crippen molar-refractivity contribution in [2.24, 2.45) is 4.36 Å². The molecule has 4 rings (SSSR count). The molecule has 6 nitrogen and oxygen atoms in total. The Balaban J connectivity index is 1.44. The van der Waals surface area contributed by atoms with E-state index in [4.69, 9.17) is 9.47 Å². The van der Waals surface area contributed by atoms with Gasteiger partial charge in [0.25, 0.3) is 5.91 Å². The molecule has 1 atom stereocenters. The van der Waals surface area contributed by atoms with E-state index in [2.05, 4.69) is 4.36 Å². The highest BCUT2D eigenvalue weighted by Gasteiger charge is 2.44. The SMILES string of the molecule is CCN=S1(=O)CCC2(CC1)CN(C(=O)C1Cc3cccc(C)c3O1)CCO2. The van der Waals surface area contributed by atoms with Gasteiger partial charge in [0.1, 0.15) is 5.75 Å². The number of carbonyl (C=O) groups is 1. The van der Waals surface area contributed by atoms with Gasteiger partial charge < -0.3 is 14.4 Å². The number of rotatable bonds is 2. The second kappa shape index (κ2) is 7.09. The monoisotopic (exact) mass is 392 g/mol. The molecule has 2 fully saturated rings. The van der Waals surface area contributed by atoms with Gasteiger partial charge in [-0.05, 0) is 37.8 Å². The zero-order valence-electron chi connectivity index (χ0n) is 16.1. The van der Waals surface area contributed by atoms with Crippen LogP contribution in [0, 0.1) is 6.92 Å².